The molecule has 1 aliphatic heterocycles. The molecule has 5 heteroatoms. The van der Waals surface area contributed by atoms with Crippen molar-refractivity contribution in [3.63, 3.8) is 0 Å². The highest BCUT2D eigenvalue weighted by molar-refractivity contribution is 5.60. The summed E-state index contributed by atoms with van der Waals surface area (Å²) in [4.78, 5) is 10.7. The van der Waals surface area contributed by atoms with E-state index >= 15 is 0 Å². The van der Waals surface area contributed by atoms with Gasteiger partial charge in [-0.1, -0.05) is 6.92 Å². The summed E-state index contributed by atoms with van der Waals surface area (Å²) in [5.41, 5.74) is 0.562. The van der Waals surface area contributed by atoms with E-state index in [4.69, 9.17) is 14.2 Å². The van der Waals surface area contributed by atoms with Gasteiger partial charge < -0.3 is 19.0 Å². The molecular formula is C14H17FO4. The molecular weight excluding hydrogens is 251 g/mol. The van der Waals surface area contributed by atoms with Crippen LogP contribution in [0.15, 0.2) is 6.07 Å². The van der Waals surface area contributed by atoms with Crippen LogP contribution in [-0.4, -0.2) is 26.6 Å². The van der Waals surface area contributed by atoms with Crippen molar-refractivity contribution in [1.82, 2.24) is 0 Å². The molecule has 0 bridgehead atoms. The van der Waals surface area contributed by atoms with Crippen LogP contribution in [0.4, 0.5) is 4.39 Å². The third-order valence-corrected chi connectivity index (χ3v) is 3.13. The number of carbonyl (C=O) groups excluding carboxylic acids is 1. The van der Waals surface area contributed by atoms with E-state index in [1.165, 1.54) is 13.2 Å². The molecule has 0 fully saturated rings. The molecule has 0 aromatic heterocycles. The van der Waals surface area contributed by atoms with Crippen LogP contribution in [0.1, 0.15) is 31.2 Å². The minimum absolute atomic E-state index is 0.124. The zero-order chi connectivity index (χ0) is 13.8. The standard InChI is InChI=1S/C14H17FO4/c1-9(4-5-16)12-13(17-2)10(15)8-11-14(12)19-7-3-6-18-11/h5,8-9H,3-4,6-7H2,1-2H3. The van der Waals surface area contributed by atoms with Crippen molar-refractivity contribution in [1.29, 1.82) is 0 Å². The number of ether oxygens (including phenoxy) is 3. The van der Waals surface area contributed by atoms with Gasteiger partial charge in [0.25, 0.3) is 0 Å². The van der Waals surface area contributed by atoms with Crippen LogP contribution in [0.25, 0.3) is 0 Å². The fraction of sp³-hybridized carbons (Fsp3) is 0.500. The SMILES string of the molecule is COc1c(F)cc2c(c1C(C)CC=O)OCCCO2. The first-order valence-electron chi connectivity index (χ1n) is 6.28. The lowest BCUT2D eigenvalue weighted by Gasteiger charge is -2.20. The maximum atomic E-state index is 14.0. The lowest BCUT2D eigenvalue weighted by Crippen LogP contribution is -2.06. The van der Waals surface area contributed by atoms with E-state index in [0.717, 1.165) is 12.7 Å². The summed E-state index contributed by atoms with van der Waals surface area (Å²) >= 11 is 0. The Bertz CT molecular complexity index is 473. The third kappa shape index (κ3) is 2.64. The van der Waals surface area contributed by atoms with Gasteiger partial charge in [-0.15, -0.1) is 0 Å². The number of hydrogen-bond acceptors (Lipinski definition) is 4. The summed E-state index contributed by atoms with van der Waals surface area (Å²) in [5.74, 6) is 0.297. The fourth-order valence-corrected chi connectivity index (χ4v) is 2.20. The van der Waals surface area contributed by atoms with Gasteiger partial charge in [0.05, 0.1) is 20.3 Å². The summed E-state index contributed by atoms with van der Waals surface area (Å²) in [6.07, 6.45) is 1.81. The second kappa shape index (κ2) is 5.91. The van der Waals surface area contributed by atoms with E-state index in [1.54, 1.807) is 0 Å². The van der Waals surface area contributed by atoms with Gasteiger partial charge in [-0.05, 0) is 5.92 Å². The van der Waals surface area contributed by atoms with Gasteiger partial charge in [-0.3, -0.25) is 0 Å². The van der Waals surface area contributed by atoms with E-state index < -0.39 is 5.82 Å². The van der Waals surface area contributed by atoms with E-state index in [9.17, 15) is 9.18 Å². The zero-order valence-corrected chi connectivity index (χ0v) is 11.1. The van der Waals surface area contributed by atoms with E-state index in [-0.39, 0.29) is 18.1 Å². The molecule has 0 N–H and O–H groups in total. The number of carbonyl (C=O) groups is 1. The minimum atomic E-state index is -0.500. The number of methoxy groups -OCH3 is 1. The molecule has 1 aromatic rings. The summed E-state index contributed by atoms with van der Waals surface area (Å²) < 4.78 is 30.3. The van der Waals surface area contributed by atoms with Crippen molar-refractivity contribution >= 4 is 6.29 Å². The summed E-state index contributed by atoms with van der Waals surface area (Å²) in [5, 5.41) is 0. The average Bonchev–Trinajstić information content (AvgIpc) is 2.62. The molecule has 0 aliphatic carbocycles. The minimum Gasteiger partial charge on any atom is -0.493 e. The Morgan fingerprint density at radius 3 is 2.89 bits per heavy atom. The van der Waals surface area contributed by atoms with Crippen molar-refractivity contribution in [2.24, 2.45) is 0 Å². The van der Waals surface area contributed by atoms with Crippen LogP contribution < -0.4 is 14.2 Å². The molecule has 1 heterocycles. The first kappa shape index (κ1) is 13.6. The number of halogens is 1. The first-order valence-corrected chi connectivity index (χ1v) is 6.28. The van der Waals surface area contributed by atoms with E-state index in [0.29, 0.717) is 30.3 Å². The molecule has 4 nitrogen and oxygen atoms in total. The molecule has 19 heavy (non-hydrogen) atoms. The highest BCUT2D eigenvalue weighted by Crippen LogP contribution is 2.45. The molecule has 104 valence electrons. The van der Waals surface area contributed by atoms with Crippen LogP contribution in [-0.2, 0) is 4.79 Å². The number of aldehydes is 1. The van der Waals surface area contributed by atoms with Gasteiger partial charge in [0.1, 0.15) is 6.29 Å². The van der Waals surface area contributed by atoms with Gasteiger partial charge in [-0.25, -0.2) is 4.39 Å². The second-order valence-corrected chi connectivity index (χ2v) is 4.49. The molecule has 1 atom stereocenters. The van der Waals surface area contributed by atoms with Crippen LogP contribution in [0.3, 0.4) is 0 Å². The van der Waals surface area contributed by atoms with Gasteiger partial charge >= 0.3 is 0 Å². The Morgan fingerprint density at radius 2 is 2.21 bits per heavy atom. The largest absolute Gasteiger partial charge is 0.493 e. The second-order valence-electron chi connectivity index (χ2n) is 4.49. The van der Waals surface area contributed by atoms with Crippen molar-refractivity contribution in [3.8, 4) is 17.2 Å². The third-order valence-electron chi connectivity index (χ3n) is 3.13. The summed E-state index contributed by atoms with van der Waals surface area (Å²) in [6.45, 7) is 2.82. The lowest BCUT2D eigenvalue weighted by atomic mass is 9.95. The number of benzene rings is 1. The van der Waals surface area contributed by atoms with E-state index in [1.807, 2.05) is 6.92 Å². The molecule has 2 rings (SSSR count). The molecule has 1 aliphatic rings. The number of hydrogen-bond donors (Lipinski definition) is 0. The number of rotatable bonds is 4. The molecule has 0 amide bonds. The predicted molar refractivity (Wildman–Crippen MR) is 67.7 cm³/mol. The maximum Gasteiger partial charge on any atom is 0.169 e. The molecule has 0 saturated carbocycles. The Morgan fingerprint density at radius 1 is 1.47 bits per heavy atom. The Labute approximate surface area is 111 Å². The van der Waals surface area contributed by atoms with Crippen LogP contribution in [0, 0.1) is 5.82 Å². The Balaban J connectivity index is 2.57. The van der Waals surface area contributed by atoms with Crippen LogP contribution in [0.2, 0.25) is 0 Å². The molecule has 0 saturated heterocycles. The highest BCUT2D eigenvalue weighted by Gasteiger charge is 2.26. The maximum absolute atomic E-state index is 14.0. The van der Waals surface area contributed by atoms with Crippen molar-refractivity contribution < 1.29 is 23.4 Å². The first-order chi connectivity index (χ1) is 9.19. The van der Waals surface area contributed by atoms with Crippen molar-refractivity contribution in [3.05, 3.63) is 17.4 Å². The van der Waals surface area contributed by atoms with Gasteiger partial charge in [0, 0.05) is 24.5 Å². The van der Waals surface area contributed by atoms with Gasteiger partial charge in [0.15, 0.2) is 23.1 Å². The van der Waals surface area contributed by atoms with Crippen LogP contribution in [0.5, 0.6) is 17.2 Å². The topological polar surface area (TPSA) is 44.8 Å². The lowest BCUT2D eigenvalue weighted by molar-refractivity contribution is -0.108. The molecule has 0 radical (unpaired) electrons. The Kier molecular flexibility index (Phi) is 4.24. The Hall–Kier alpha value is -1.78. The van der Waals surface area contributed by atoms with E-state index in [2.05, 4.69) is 0 Å². The predicted octanol–water partition coefficient (Wildman–Crippen LogP) is 2.69. The molecule has 1 aromatic carbocycles. The van der Waals surface area contributed by atoms with Crippen molar-refractivity contribution in [2.45, 2.75) is 25.7 Å². The summed E-state index contributed by atoms with van der Waals surface area (Å²) in [6, 6.07) is 1.27. The van der Waals surface area contributed by atoms with Gasteiger partial charge in [0.2, 0.25) is 0 Å². The zero-order valence-electron chi connectivity index (χ0n) is 11.1. The quantitative estimate of drug-likeness (QED) is 0.788. The van der Waals surface area contributed by atoms with Crippen LogP contribution >= 0.6 is 0 Å². The monoisotopic (exact) mass is 268 g/mol. The highest BCUT2D eigenvalue weighted by atomic mass is 19.1. The van der Waals surface area contributed by atoms with Crippen molar-refractivity contribution in [2.75, 3.05) is 20.3 Å². The summed E-state index contributed by atoms with van der Waals surface area (Å²) in [7, 11) is 1.40. The molecule has 0 spiro atoms. The fourth-order valence-electron chi connectivity index (χ4n) is 2.20. The van der Waals surface area contributed by atoms with Gasteiger partial charge in [-0.2, -0.15) is 0 Å². The molecule has 1 unspecified atom stereocenters. The normalized spacial score (nSPS) is 15.5. The smallest absolute Gasteiger partial charge is 0.169 e. The average molecular weight is 268 g/mol. The number of fused-ring (bicyclic) bond motifs is 1.